The lowest BCUT2D eigenvalue weighted by Crippen LogP contribution is -2.14. The van der Waals surface area contributed by atoms with Crippen molar-refractivity contribution in [1.82, 2.24) is 24.9 Å². The van der Waals surface area contributed by atoms with Gasteiger partial charge in [0.15, 0.2) is 16.1 Å². The van der Waals surface area contributed by atoms with Crippen molar-refractivity contribution in [2.75, 3.05) is 16.8 Å². The fraction of sp³-hybridized carbons (Fsp3) is 0.0769. The fourth-order valence-corrected chi connectivity index (χ4v) is 2.82. The number of thioether (sulfide) groups is 1. The summed E-state index contributed by atoms with van der Waals surface area (Å²) >= 11 is 2.54. The van der Waals surface area contributed by atoms with Gasteiger partial charge in [-0.1, -0.05) is 11.8 Å². The van der Waals surface area contributed by atoms with Gasteiger partial charge >= 0.3 is 0 Å². The van der Waals surface area contributed by atoms with Gasteiger partial charge in [0.2, 0.25) is 11.9 Å². The Balaban J connectivity index is 1.68. The maximum Gasteiger partial charge on any atom is 0.236 e. The van der Waals surface area contributed by atoms with Crippen molar-refractivity contribution >= 4 is 40.1 Å². The summed E-state index contributed by atoms with van der Waals surface area (Å²) in [5, 5.41) is 5.42. The number of nitrogens with two attached hydrogens (primary N) is 1. The Bertz CT molecular complexity index is 795. The number of rotatable bonds is 5. The molecule has 1 amide bonds. The van der Waals surface area contributed by atoms with Crippen molar-refractivity contribution in [3.05, 3.63) is 36.1 Å². The minimum atomic E-state index is -0.186. The summed E-state index contributed by atoms with van der Waals surface area (Å²) in [5.41, 5.74) is 6.49. The number of nitrogen functional groups attached to an aromatic ring is 1. The van der Waals surface area contributed by atoms with Crippen LogP contribution in [0.15, 0.2) is 41.3 Å². The van der Waals surface area contributed by atoms with Gasteiger partial charge in [-0.15, -0.1) is 11.3 Å². The predicted octanol–water partition coefficient (Wildman–Crippen LogP) is 1.70. The lowest BCUT2D eigenvalue weighted by Gasteiger charge is -2.04. The molecule has 3 N–H and O–H groups in total. The number of pyridine rings is 1. The summed E-state index contributed by atoms with van der Waals surface area (Å²) in [6.45, 7) is 0. The molecule has 0 saturated carbocycles. The molecule has 0 fully saturated rings. The molecule has 0 aliphatic rings. The zero-order valence-corrected chi connectivity index (χ0v) is 13.3. The molecule has 3 aromatic heterocycles. The van der Waals surface area contributed by atoms with Crippen molar-refractivity contribution in [3.63, 3.8) is 0 Å². The molecule has 0 radical (unpaired) electrons. The Kier molecular flexibility index (Phi) is 4.74. The molecular weight excluding hydrogens is 334 g/mol. The molecule has 0 atom stereocenters. The largest absolute Gasteiger partial charge is 0.368 e. The van der Waals surface area contributed by atoms with E-state index in [0.717, 1.165) is 5.56 Å². The number of carbonyl (C=O) groups excluding carboxylic acids is 1. The SMILES string of the molecule is Nc1nc(SCC(=O)Nc2nccs2)nc(-c2ccncc2)n1. The number of amides is 1. The number of hydrogen-bond acceptors (Lipinski definition) is 9. The Morgan fingerprint density at radius 1 is 1.22 bits per heavy atom. The van der Waals surface area contributed by atoms with Crippen LogP contribution >= 0.6 is 23.1 Å². The number of hydrogen-bond donors (Lipinski definition) is 2. The van der Waals surface area contributed by atoms with Gasteiger partial charge in [-0.3, -0.25) is 9.78 Å². The van der Waals surface area contributed by atoms with Crippen molar-refractivity contribution in [3.8, 4) is 11.4 Å². The van der Waals surface area contributed by atoms with Gasteiger partial charge in [0.25, 0.3) is 0 Å². The first kappa shape index (κ1) is 15.3. The predicted molar refractivity (Wildman–Crippen MR) is 88.9 cm³/mol. The van der Waals surface area contributed by atoms with Gasteiger partial charge in [0.1, 0.15) is 0 Å². The molecule has 0 bridgehead atoms. The van der Waals surface area contributed by atoms with Gasteiger partial charge in [0.05, 0.1) is 5.75 Å². The van der Waals surface area contributed by atoms with E-state index in [0.29, 0.717) is 16.1 Å². The molecule has 3 aromatic rings. The van der Waals surface area contributed by atoms with E-state index >= 15 is 0 Å². The van der Waals surface area contributed by atoms with E-state index in [-0.39, 0.29) is 17.6 Å². The van der Waals surface area contributed by atoms with Crippen molar-refractivity contribution in [2.24, 2.45) is 0 Å². The van der Waals surface area contributed by atoms with Crippen LogP contribution in [0.4, 0.5) is 11.1 Å². The molecule has 3 rings (SSSR count). The molecule has 8 nitrogen and oxygen atoms in total. The third-order valence-corrected chi connectivity index (χ3v) is 4.12. The second-order valence-electron chi connectivity index (χ2n) is 4.21. The topological polar surface area (TPSA) is 120 Å². The zero-order chi connectivity index (χ0) is 16.1. The van der Waals surface area contributed by atoms with Crippen molar-refractivity contribution in [1.29, 1.82) is 0 Å². The van der Waals surface area contributed by atoms with Crippen molar-refractivity contribution < 1.29 is 4.79 Å². The summed E-state index contributed by atoms with van der Waals surface area (Å²) in [5.74, 6) is 0.519. The van der Waals surface area contributed by atoms with E-state index in [1.165, 1.54) is 23.1 Å². The Hall–Kier alpha value is -2.59. The lowest BCUT2D eigenvalue weighted by atomic mass is 10.2. The highest BCUT2D eigenvalue weighted by Gasteiger charge is 2.10. The van der Waals surface area contributed by atoms with Crippen LogP contribution in [0.3, 0.4) is 0 Å². The van der Waals surface area contributed by atoms with Crippen LogP contribution in [-0.2, 0) is 4.79 Å². The monoisotopic (exact) mass is 345 g/mol. The normalized spacial score (nSPS) is 10.4. The van der Waals surface area contributed by atoms with E-state index in [1.54, 1.807) is 36.1 Å². The first-order valence-corrected chi connectivity index (χ1v) is 8.31. The van der Waals surface area contributed by atoms with E-state index in [1.807, 2.05) is 0 Å². The summed E-state index contributed by atoms with van der Waals surface area (Å²) in [6.07, 6.45) is 4.91. The van der Waals surface area contributed by atoms with Crippen LogP contribution < -0.4 is 11.1 Å². The van der Waals surface area contributed by atoms with Gasteiger partial charge in [-0.05, 0) is 12.1 Å². The van der Waals surface area contributed by atoms with Gasteiger partial charge in [-0.25, -0.2) is 9.97 Å². The first-order chi connectivity index (χ1) is 11.2. The smallest absolute Gasteiger partial charge is 0.236 e. The second-order valence-corrected chi connectivity index (χ2v) is 6.05. The minimum absolute atomic E-state index is 0.106. The number of carbonyl (C=O) groups is 1. The van der Waals surface area contributed by atoms with Gasteiger partial charge in [0, 0.05) is 29.5 Å². The minimum Gasteiger partial charge on any atom is -0.368 e. The maximum absolute atomic E-state index is 11.8. The molecule has 0 aliphatic carbocycles. The third-order valence-electron chi connectivity index (χ3n) is 2.58. The molecule has 0 spiro atoms. The average Bonchev–Trinajstić information content (AvgIpc) is 3.06. The Labute approximate surface area is 139 Å². The third kappa shape index (κ3) is 4.20. The first-order valence-electron chi connectivity index (χ1n) is 6.45. The molecule has 23 heavy (non-hydrogen) atoms. The highest BCUT2D eigenvalue weighted by molar-refractivity contribution is 7.99. The number of aromatic nitrogens is 5. The molecule has 0 aliphatic heterocycles. The van der Waals surface area contributed by atoms with Gasteiger partial charge < -0.3 is 11.1 Å². The molecule has 0 saturated heterocycles. The van der Waals surface area contributed by atoms with E-state index in [2.05, 4.69) is 30.2 Å². The van der Waals surface area contributed by atoms with Crippen LogP contribution in [-0.4, -0.2) is 36.6 Å². The number of nitrogens with one attached hydrogen (secondary N) is 1. The lowest BCUT2D eigenvalue weighted by molar-refractivity contribution is -0.113. The van der Waals surface area contributed by atoms with Crippen molar-refractivity contribution in [2.45, 2.75) is 5.16 Å². The molecular formula is C13H11N7OS2. The molecule has 3 heterocycles. The molecule has 116 valence electrons. The molecule has 0 unspecified atom stereocenters. The quantitative estimate of drug-likeness (QED) is 0.671. The van der Waals surface area contributed by atoms with Crippen LogP contribution in [0.1, 0.15) is 0 Å². The van der Waals surface area contributed by atoms with Crippen LogP contribution in [0.2, 0.25) is 0 Å². The summed E-state index contributed by atoms with van der Waals surface area (Å²) in [7, 11) is 0. The van der Waals surface area contributed by atoms with Crippen LogP contribution in [0.25, 0.3) is 11.4 Å². The fourth-order valence-electron chi connectivity index (χ4n) is 1.64. The van der Waals surface area contributed by atoms with E-state index in [4.69, 9.17) is 5.73 Å². The second kappa shape index (κ2) is 7.11. The average molecular weight is 345 g/mol. The number of nitrogens with zero attached hydrogens (tertiary/aromatic N) is 5. The standard InChI is InChI=1S/C13H11N7OS2/c14-11-18-10(8-1-3-15-4-2-8)19-13(20-11)23-7-9(21)17-12-16-5-6-22-12/h1-6H,7H2,(H,16,17,21)(H2,14,18,19,20). The van der Waals surface area contributed by atoms with Crippen LogP contribution in [0, 0.1) is 0 Å². The number of anilines is 2. The van der Waals surface area contributed by atoms with Crippen LogP contribution in [0.5, 0.6) is 0 Å². The number of thiazole rings is 1. The maximum atomic E-state index is 11.8. The highest BCUT2D eigenvalue weighted by atomic mass is 32.2. The Morgan fingerprint density at radius 2 is 2.04 bits per heavy atom. The van der Waals surface area contributed by atoms with E-state index < -0.39 is 0 Å². The van der Waals surface area contributed by atoms with Gasteiger partial charge in [-0.2, -0.15) is 9.97 Å². The Morgan fingerprint density at radius 3 is 2.78 bits per heavy atom. The van der Waals surface area contributed by atoms with E-state index in [9.17, 15) is 4.79 Å². The molecule has 10 heteroatoms. The summed E-state index contributed by atoms with van der Waals surface area (Å²) in [4.78, 5) is 32.2. The molecule has 0 aromatic carbocycles. The highest BCUT2D eigenvalue weighted by Crippen LogP contribution is 2.20. The summed E-state index contributed by atoms with van der Waals surface area (Å²) < 4.78 is 0. The zero-order valence-electron chi connectivity index (χ0n) is 11.7. The summed E-state index contributed by atoms with van der Waals surface area (Å²) in [6, 6.07) is 3.55.